The predicted molar refractivity (Wildman–Crippen MR) is 121 cm³/mol. The lowest BCUT2D eigenvalue weighted by molar-refractivity contribution is -0.127. The topological polar surface area (TPSA) is 109 Å². The number of nitrogens with zero attached hydrogens (tertiary/aromatic N) is 1. The second kappa shape index (κ2) is 9.84. The van der Waals surface area contributed by atoms with Gasteiger partial charge >= 0.3 is 0 Å². The summed E-state index contributed by atoms with van der Waals surface area (Å²) >= 11 is 0. The molecule has 1 aliphatic rings. The van der Waals surface area contributed by atoms with Crippen molar-refractivity contribution in [1.29, 1.82) is 0 Å². The van der Waals surface area contributed by atoms with E-state index in [9.17, 15) is 14.0 Å². The Morgan fingerprint density at radius 3 is 2.75 bits per heavy atom. The third-order valence-electron chi connectivity index (χ3n) is 5.73. The van der Waals surface area contributed by atoms with Gasteiger partial charge in [-0.1, -0.05) is 24.3 Å². The zero-order valence-electron chi connectivity index (χ0n) is 17.6. The minimum Gasteiger partial charge on any atom is -0.343 e. The Kier molecular flexibility index (Phi) is 6.72. The van der Waals surface area contributed by atoms with E-state index in [1.165, 1.54) is 12.1 Å². The highest BCUT2D eigenvalue weighted by atomic mass is 19.1. The largest absolute Gasteiger partial charge is 0.343 e. The number of hydrogen-bond acceptors (Lipinski definition) is 5. The zero-order chi connectivity index (χ0) is 22.5. The molecule has 1 aromatic heterocycles. The van der Waals surface area contributed by atoms with Crippen molar-refractivity contribution in [1.82, 2.24) is 15.6 Å². The molecular weight excluding hydrogens is 409 g/mol. The molecule has 2 amide bonds. The number of carbonyl (C=O) groups is 2. The molecule has 0 spiro atoms. The highest BCUT2D eigenvalue weighted by molar-refractivity contribution is 5.99. The average molecular weight is 436 g/mol. The number of halogens is 1. The van der Waals surface area contributed by atoms with Gasteiger partial charge in [-0.15, -0.1) is 0 Å². The third kappa shape index (κ3) is 5.27. The first-order valence-corrected chi connectivity index (χ1v) is 10.7. The number of pyridine rings is 1. The fourth-order valence-corrected chi connectivity index (χ4v) is 3.90. The quantitative estimate of drug-likeness (QED) is 0.454. The van der Waals surface area contributed by atoms with Crippen LogP contribution in [-0.2, 0) is 16.0 Å². The first-order valence-electron chi connectivity index (χ1n) is 10.7. The maximum Gasteiger partial charge on any atom is 0.247 e. The number of benzene rings is 2. The van der Waals surface area contributed by atoms with Crippen molar-refractivity contribution in [2.24, 2.45) is 11.7 Å². The smallest absolute Gasteiger partial charge is 0.247 e. The maximum atomic E-state index is 13.3. The molecule has 2 heterocycles. The van der Waals surface area contributed by atoms with Crippen molar-refractivity contribution in [2.45, 2.75) is 24.9 Å². The summed E-state index contributed by atoms with van der Waals surface area (Å²) in [6.45, 7) is 1.18. The normalized spacial score (nSPS) is 18.9. The molecule has 8 heteroatoms. The number of carbonyl (C=O) groups excluding carboxylic acids is 2. The van der Waals surface area contributed by atoms with E-state index in [2.05, 4.69) is 20.9 Å². The molecule has 32 heavy (non-hydrogen) atoms. The second-order valence-electron chi connectivity index (χ2n) is 8.09. The molecule has 1 saturated heterocycles. The number of nitrogens with two attached hydrogens (primary N) is 1. The van der Waals surface area contributed by atoms with Crippen molar-refractivity contribution in [3.05, 3.63) is 72.2 Å². The van der Waals surface area contributed by atoms with Crippen LogP contribution in [0.1, 0.15) is 12.0 Å². The molecule has 7 nitrogen and oxygen atoms in total. The summed E-state index contributed by atoms with van der Waals surface area (Å²) in [5.41, 5.74) is 7.80. The van der Waals surface area contributed by atoms with Crippen LogP contribution in [0.4, 0.5) is 10.1 Å². The molecule has 0 saturated carbocycles. The summed E-state index contributed by atoms with van der Waals surface area (Å²) in [7, 11) is 0. The summed E-state index contributed by atoms with van der Waals surface area (Å²) < 4.78 is 13.3. The van der Waals surface area contributed by atoms with E-state index in [1.54, 1.807) is 30.5 Å². The molecule has 2 aromatic carbocycles. The van der Waals surface area contributed by atoms with Crippen LogP contribution in [0.15, 0.2) is 60.8 Å². The fourth-order valence-electron chi connectivity index (χ4n) is 3.90. The van der Waals surface area contributed by atoms with E-state index < -0.39 is 12.1 Å². The van der Waals surface area contributed by atoms with Crippen molar-refractivity contribution < 1.29 is 14.0 Å². The fraction of sp³-hybridized carbons (Fsp3) is 0.292. The summed E-state index contributed by atoms with van der Waals surface area (Å²) in [6.07, 6.45) is 2.55. The van der Waals surface area contributed by atoms with Crippen molar-refractivity contribution >= 4 is 28.4 Å². The van der Waals surface area contributed by atoms with Gasteiger partial charge in [-0.2, -0.15) is 0 Å². The Bertz CT molecular complexity index is 1100. The second-order valence-corrected chi connectivity index (χ2v) is 8.09. The summed E-state index contributed by atoms with van der Waals surface area (Å²) in [5.74, 6) is -0.722. The molecular formula is C24H26FN5O2. The van der Waals surface area contributed by atoms with Gasteiger partial charge in [-0.25, -0.2) is 4.39 Å². The van der Waals surface area contributed by atoms with Gasteiger partial charge in [-0.05, 0) is 61.3 Å². The molecule has 0 unspecified atom stereocenters. The predicted octanol–water partition coefficient (Wildman–Crippen LogP) is 1.98. The van der Waals surface area contributed by atoms with Crippen LogP contribution in [0.2, 0.25) is 0 Å². The zero-order valence-corrected chi connectivity index (χ0v) is 17.6. The molecule has 1 fully saturated rings. The Morgan fingerprint density at radius 2 is 2.00 bits per heavy atom. The Labute approximate surface area is 185 Å². The van der Waals surface area contributed by atoms with E-state index in [0.29, 0.717) is 25.2 Å². The van der Waals surface area contributed by atoms with Crippen LogP contribution in [0.3, 0.4) is 0 Å². The highest BCUT2D eigenvalue weighted by Crippen LogP contribution is 2.18. The number of amides is 2. The number of aromatic nitrogens is 1. The molecule has 0 bridgehead atoms. The van der Waals surface area contributed by atoms with Crippen LogP contribution in [0.25, 0.3) is 10.9 Å². The Hall–Kier alpha value is -3.36. The minimum atomic E-state index is -0.828. The van der Waals surface area contributed by atoms with Crippen LogP contribution in [0, 0.1) is 11.7 Å². The number of fused-ring (bicyclic) bond motifs is 1. The lowest BCUT2D eigenvalue weighted by Crippen LogP contribution is -2.50. The first kappa shape index (κ1) is 21.9. The standard InChI is InChI=1S/C24H26FN5O2/c25-18-6-3-15(4-7-18)10-22(30-23(31)21-11-16(13-26)14-28-21)24(32)29-19-8-5-17-2-1-9-27-20(17)12-19/h1-9,12,16,21-22,28H,10-11,13-14,26H2,(H,29,32)(H,30,31)/t16-,21-,22-/m1/s1. The van der Waals surface area contributed by atoms with Gasteiger partial charge < -0.3 is 21.7 Å². The summed E-state index contributed by atoms with van der Waals surface area (Å²) in [6, 6.07) is 13.9. The molecule has 5 N–H and O–H groups in total. The molecule has 3 atom stereocenters. The van der Waals surface area contributed by atoms with Gasteiger partial charge in [0.05, 0.1) is 11.6 Å². The molecule has 0 aliphatic carbocycles. The van der Waals surface area contributed by atoms with E-state index >= 15 is 0 Å². The Morgan fingerprint density at radius 1 is 1.19 bits per heavy atom. The van der Waals surface area contributed by atoms with Gasteiger partial charge in [0.15, 0.2) is 0 Å². The van der Waals surface area contributed by atoms with Crippen molar-refractivity contribution in [3.63, 3.8) is 0 Å². The number of anilines is 1. The van der Waals surface area contributed by atoms with Gasteiger partial charge in [0.25, 0.3) is 0 Å². The van der Waals surface area contributed by atoms with Crippen LogP contribution in [0.5, 0.6) is 0 Å². The van der Waals surface area contributed by atoms with E-state index in [-0.39, 0.29) is 30.0 Å². The third-order valence-corrected chi connectivity index (χ3v) is 5.73. The summed E-state index contributed by atoms with van der Waals surface area (Å²) in [4.78, 5) is 30.3. The first-order chi connectivity index (χ1) is 15.5. The van der Waals surface area contributed by atoms with Gasteiger partial charge in [-0.3, -0.25) is 14.6 Å². The lowest BCUT2D eigenvalue weighted by Gasteiger charge is -2.21. The van der Waals surface area contributed by atoms with Crippen LogP contribution < -0.4 is 21.7 Å². The molecule has 3 aromatic rings. The van der Waals surface area contributed by atoms with Crippen LogP contribution >= 0.6 is 0 Å². The summed E-state index contributed by atoms with van der Waals surface area (Å²) in [5, 5.41) is 9.86. The average Bonchev–Trinajstić information content (AvgIpc) is 3.29. The van der Waals surface area contributed by atoms with Gasteiger partial charge in [0, 0.05) is 23.7 Å². The highest BCUT2D eigenvalue weighted by Gasteiger charge is 2.31. The minimum absolute atomic E-state index is 0.233. The number of nitrogens with one attached hydrogen (secondary N) is 3. The molecule has 1 aliphatic heterocycles. The van der Waals surface area contributed by atoms with Crippen molar-refractivity contribution in [2.75, 3.05) is 18.4 Å². The lowest BCUT2D eigenvalue weighted by atomic mass is 10.0. The van der Waals surface area contributed by atoms with Crippen molar-refractivity contribution in [3.8, 4) is 0 Å². The Balaban J connectivity index is 1.50. The molecule has 0 radical (unpaired) electrons. The van der Waals surface area contributed by atoms with Crippen LogP contribution in [-0.4, -0.2) is 42.0 Å². The SMILES string of the molecule is NC[C@@H]1CN[C@@H](C(=O)N[C@H](Cc2ccc(F)cc2)C(=O)Nc2ccc3cccnc3c2)C1. The molecule has 166 valence electrons. The van der Waals surface area contributed by atoms with Gasteiger partial charge in [0.2, 0.25) is 11.8 Å². The maximum absolute atomic E-state index is 13.3. The van der Waals surface area contributed by atoms with E-state index in [1.807, 2.05) is 18.2 Å². The number of rotatable bonds is 7. The van der Waals surface area contributed by atoms with E-state index in [0.717, 1.165) is 16.5 Å². The molecule has 4 rings (SSSR count). The van der Waals surface area contributed by atoms with Gasteiger partial charge in [0.1, 0.15) is 11.9 Å². The number of hydrogen-bond donors (Lipinski definition) is 4. The van der Waals surface area contributed by atoms with E-state index in [4.69, 9.17) is 5.73 Å². The monoisotopic (exact) mass is 435 g/mol.